The summed E-state index contributed by atoms with van der Waals surface area (Å²) in [4.78, 5) is 16.0. The highest BCUT2D eigenvalue weighted by molar-refractivity contribution is 5.97. The molecule has 4 heteroatoms. The van der Waals surface area contributed by atoms with Crippen molar-refractivity contribution >= 4 is 16.8 Å². The van der Waals surface area contributed by atoms with Crippen molar-refractivity contribution in [3.8, 4) is 0 Å². The number of hydrogen-bond donors (Lipinski definition) is 1. The molecule has 0 radical (unpaired) electrons. The Balaban J connectivity index is 2.52. The SMILES string of the molecule is CN(C)C(=O)c1cc2ccc(F)cc2[nH]1. The Morgan fingerprint density at radius 1 is 1.33 bits per heavy atom. The highest BCUT2D eigenvalue weighted by Gasteiger charge is 2.11. The quantitative estimate of drug-likeness (QED) is 0.761. The lowest BCUT2D eigenvalue weighted by molar-refractivity contribution is 0.0823. The maximum atomic E-state index is 12.9. The molecule has 0 unspecified atom stereocenters. The van der Waals surface area contributed by atoms with Crippen LogP contribution in [0.5, 0.6) is 0 Å². The van der Waals surface area contributed by atoms with Gasteiger partial charge in [-0.3, -0.25) is 4.79 Å². The van der Waals surface area contributed by atoms with Gasteiger partial charge in [-0.1, -0.05) is 0 Å². The molecule has 0 aliphatic rings. The van der Waals surface area contributed by atoms with Crippen molar-refractivity contribution in [1.82, 2.24) is 9.88 Å². The van der Waals surface area contributed by atoms with Crippen molar-refractivity contribution in [3.63, 3.8) is 0 Å². The van der Waals surface area contributed by atoms with Crippen molar-refractivity contribution in [2.45, 2.75) is 0 Å². The van der Waals surface area contributed by atoms with Gasteiger partial charge >= 0.3 is 0 Å². The van der Waals surface area contributed by atoms with Gasteiger partial charge in [0.25, 0.3) is 5.91 Å². The highest BCUT2D eigenvalue weighted by Crippen LogP contribution is 2.17. The van der Waals surface area contributed by atoms with E-state index in [0.29, 0.717) is 11.2 Å². The lowest BCUT2D eigenvalue weighted by Crippen LogP contribution is -2.21. The monoisotopic (exact) mass is 206 g/mol. The van der Waals surface area contributed by atoms with Gasteiger partial charge in [0.2, 0.25) is 0 Å². The summed E-state index contributed by atoms with van der Waals surface area (Å²) in [7, 11) is 3.35. The molecule has 1 aromatic carbocycles. The number of rotatable bonds is 1. The second kappa shape index (κ2) is 3.38. The zero-order valence-corrected chi connectivity index (χ0v) is 8.54. The van der Waals surface area contributed by atoms with Gasteiger partial charge in [0, 0.05) is 25.0 Å². The summed E-state index contributed by atoms with van der Waals surface area (Å²) in [6.07, 6.45) is 0. The first kappa shape index (κ1) is 9.71. The van der Waals surface area contributed by atoms with E-state index in [0.717, 1.165) is 5.39 Å². The Morgan fingerprint density at radius 3 is 2.73 bits per heavy atom. The first-order valence-electron chi connectivity index (χ1n) is 4.58. The molecule has 0 spiro atoms. The summed E-state index contributed by atoms with van der Waals surface area (Å²) in [5.74, 6) is -0.431. The molecule has 1 aromatic heterocycles. The molecule has 0 fully saturated rings. The van der Waals surface area contributed by atoms with Gasteiger partial charge in [-0.15, -0.1) is 0 Å². The first-order valence-corrected chi connectivity index (χ1v) is 4.58. The average molecular weight is 206 g/mol. The van der Waals surface area contributed by atoms with E-state index in [1.807, 2.05) is 0 Å². The average Bonchev–Trinajstić information content (AvgIpc) is 2.58. The number of fused-ring (bicyclic) bond motifs is 1. The van der Waals surface area contributed by atoms with Gasteiger partial charge in [0.1, 0.15) is 11.5 Å². The molecule has 3 nitrogen and oxygen atoms in total. The van der Waals surface area contributed by atoms with Gasteiger partial charge in [0.15, 0.2) is 0 Å². The molecule has 2 rings (SSSR count). The minimum atomic E-state index is -0.312. The molecular formula is C11H11FN2O. The number of amides is 1. The predicted molar refractivity (Wildman–Crippen MR) is 56.3 cm³/mol. The van der Waals surface area contributed by atoms with E-state index in [-0.39, 0.29) is 11.7 Å². The number of nitrogens with one attached hydrogen (secondary N) is 1. The summed E-state index contributed by atoms with van der Waals surface area (Å²) in [5.41, 5.74) is 1.11. The van der Waals surface area contributed by atoms with Crippen LogP contribution < -0.4 is 0 Å². The van der Waals surface area contributed by atoms with Crippen LogP contribution in [0.15, 0.2) is 24.3 Å². The second-order valence-electron chi connectivity index (χ2n) is 3.61. The maximum Gasteiger partial charge on any atom is 0.269 e. The summed E-state index contributed by atoms with van der Waals surface area (Å²) in [5, 5.41) is 0.835. The molecule has 1 N–H and O–H groups in total. The maximum absolute atomic E-state index is 12.9. The standard InChI is InChI=1S/C11H11FN2O/c1-14(2)11(15)10-5-7-3-4-8(12)6-9(7)13-10/h3-6,13H,1-2H3. The van der Waals surface area contributed by atoms with Crippen molar-refractivity contribution in [3.05, 3.63) is 35.8 Å². The fourth-order valence-corrected chi connectivity index (χ4v) is 1.46. The van der Waals surface area contributed by atoms with Crippen molar-refractivity contribution < 1.29 is 9.18 Å². The number of nitrogens with zero attached hydrogens (tertiary/aromatic N) is 1. The van der Waals surface area contributed by atoms with Gasteiger partial charge in [-0.25, -0.2) is 4.39 Å². The molecule has 2 aromatic rings. The highest BCUT2D eigenvalue weighted by atomic mass is 19.1. The third-order valence-electron chi connectivity index (χ3n) is 2.22. The van der Waals surface area contributed by atoms with Crippen LogP contribution in [0.3, 0.4) is 0 Å². The van der Waals surface area contributed by atoms with E-state index in [1.54, 1.807) is 26.2 Å². The van der Waals surface area contributed by atoms with Crippen LogP contribution in [0, 0.1) is 5.82 Å². The number of H-pyrrole nitrogens is 1. The number of aromatic nitrogens is 1. The van der Waals surface area contributed by atoms with Crippen LogP contribution in [-0.4, -0.2) is 29.9 Å². The number of aromatic amines is 1. The van der Waals surface area contributed by atoms with E-state index < -0.39 is 0 Å². The van der Waals surface area contributed by atoms with Crippen LogP contribution in [0.4, 0.5) is 4.39 Å². The fourth-order valence-electron chi connectivity index (χ4n) is 1.46. The predicted octanol–water partition coefficient (Wildman–Crippen LogP) is 2.01. The van der Waals surface area contributed by atoms with Crippen LogP contribution in [0.1, 0.15) is 10.5 Å². The molecule has 0 aliphatic carbocycles. The molecule has 0 atom stereocenters. The van der Waals surface area contributed by atoms with Crippen molar-refractivity contribution in [2.24, 2.45) is 0 Å². The number of benzene rings is 1. The molecule has 0 saturated carbocycles. The van der Waals surface area contributed by atoms with Crippen LogP contribution in [-0.2, 0) is 0 Å². The molecule has 78 valence electrons. The smallest absolute Gasteiger partial charge is 0.269 e. The van der Waals surface area contributed by atoms with Gasteiger partial charge in [-0.2, -0.15) is 0 Å². The Labute approximate surface area is 86.5 Å². The van der Waals surface area contributed by atoms with E-state index in [9.17, 15) is 9.18 Å². The zero-order chi connectivity index (χ0) is 11.0. The van der Waals surface area contributed by atoms with Crippen LogP contribution in [0.2, 0.25) is 0 Å². The topological polar surface area (TPSA) is 36.1 Å². The van der Waals surface area contributed by atoms with Crippen molar-refractivity contribution in [2.75, 3.05) is 14.1 Å². The van der Waals surface area contributed by atoms with Crippen molar-refractivity contribution in [1.29, 1.82) is 0 Å². The number of halogens is 1. The third-order valence-corrected chi connectivity index (χ3v) is 2.22. The van der Waals surface area contributed by atoms with E-state index in [2.05, 4.69) is 4.98 Å². The Kier molecular flexibility index (Phi) is 2.19. The normalized spacial score (nSPS) is 10.6. The molecule has 1 heterocycles. The van der Waals surface area contributed by atoms with Crippen LogP contribution in [0.25, 0.3) is 10.9 Å². The molecule has 1 amide bonds. The Hall–Kier alpha value is -1.84. The lowest BCUT2D eigenvalue weighted by atomic mass is 10.2. The summed E-state index contributed by atoms with van der Waals surface area (Å²) in [6, 6.07) is 6.12. The minimum absolute atomic E-state index is 0.119. The molecule has 0 bridgehead atoms. The van der Waals surface area contributed by atoms with E-state index in [1.165, 1.54) is 17.0 Å². The molecule has 0 aliphatic heterocycles. The summed E-state index contributed by atoms with van der Waals surface area (Å²) < 4.78 is 12.9. The van der Waals surface area contributed by atoms with Gasteiger partial charge < -0.3 is 9.88 Å². The molecule has 15 heavy (non-hydrogen) atoms. The molecular weight excluding hydrogens is 195 g/mol. The fraction of sp³-hybridized carbons (Fsp3) is 0.182. The first-order chi connectivity index (χ1) is 7.08. The van der Waals surface area contributed by atoms with E-state index in [4.69, 9.17) is 0 Å². The minimum Gasteiger partial charge on any atom is -0.350 e. The number of carbonyl (C=O) groups is 1. The number of carbonyl (C=O) groups excluding carboxylic acids is 1. The Morgan fingerprint density at radius 2 is 2.07 bits per heavy atom. The van der Waals surface area contributed by atoms with Gasteiger partial charge in [0.05, 0.1) is 0 Å². The third kappa shape index (κ3) is 1.70. The lowest BCUT2D eigenvalue weighted by Gasteiger charge is -2.07. The molecule has 0 saturated heterocycles. The van der Waals surface area contributed by atoms with Gasteiger partial charge in [-0.05, 0) is 24.3 Å². The van der Waals surface area contributed by atoms with Crippen LogP contribution >= 0.6 is 0 Å². The summed E-state index contributed by atoms with van der Waals surface area (Å²) >= 11 is 0. The zero-order valence-electron chi connectivity index (χ0n) is 8.54. The second-order valence-corrected chi connectivity index (χ2v) is 3.61. The Bertz CT molecular complexity index is 516. The number of hydrogen-bond acceptors (Lipinski definition) is 1. The largest absolute Gasteiger partial charge is 0.350 e. The van der Waals surface area contributed by atoms with E-state index >= 15 is 0 Å². The summed E-state index contributed by atoms with van der Waals surface area (Å²) in [6.45, 7) is 0.